The first kappa shape index (κ1) is 17.4. The fourth-order valence-electron chi connectivity index (χ4n) is 1.44. The highest BCUT2D eigenvalue weighted by Gasteiger charge is 2.32. The number of nitrogens with one attached hydrogen (secondary N) is 2. The van der Waals surface area contributed by atoms with Crippen molar-refractivity contribution in [1.82, 2.24) is 10.0 Å². The lowest BCUT2D eigenvalue weighted by Gasteiger charge is -2.12. The monoisotopic (exact) mass is 374 g/mol. The van der Waals surface area contributed by atoms with E-state index in [4.69, 9.17) is 0 Å². The first-order valence-electron chi connectivity index (χ1n) is 5.69. The van der Waals surface area contributed by atoms with Crippen LogP contribution in [0.4, 0.5) is 13.2 Å². The molecule has 0 heterocycles. The molecule has 1 rings (SSSR count). The number of sulfonamides is 1. The SMILES string of the molecule is CNCCCNS(=O)(=O)c1cc(C(F)(F)F)ccc1Br. The Bertz CT molecular complexity index is 561. The van der Waals surface area contributed by atoms with Crippen LogP contribution in [0, 0.1) is 0 Å². The van der Waals surface area contributed by atoms with Gasteiger partial charge in [0.2, 0.25) is 10.0 Å². The smallest absolute Gasteiger partial charge is 0.320 e. The van der Waals surface area contributed by atoms with Crippen LogP contribution in [0.5, 0.6) is 0 Å². The Labute approximate surface area is 123 Å². The fourth-order valence-corrected chi connectivity index (χ4v) is 3.50. The highest BCUT2D eigenvalue weighted by Crippen LogP contribution is 2.33. The molecule has 0 saturated carbocycles. The molecule has 0 unspecified atom stereocenters. The third-order valence-electron chi connectivity index (χ3n) is 2.44. The van der Waals surface area contributed by atoms with Crippen LogP contribution in [0.15, 0.2) is 27.6 Å². The third-order valence-corrected chi connectivity index (χ3v) is 4.90. The standard InChI is InChI=1S/C11H14BrF3N2O2S/c1-16-5-2-6-17-20(18,19)10-7-8(11(13,14)15)3-4-9(10)12/h3-4,7,16-17H,2,5-6H2,1H3. The zero-order valence-electron chi connectivity index (χ0n) is 10.6. The largest absolute Gasteiger partial charge is 0.416 e. The van der Waals surface area contributed by atoms with Crippen molar-refractivity contribution in [3.05, 3.63) is 28.2 Å². The molecular formula is C11H14BrF3N2O2S. The van der Waals surface area contributed by atoms with Gasteiger partial charge in [-0.3, -0.25) is 0 Å². The van der Waals surface area contributed by atoms with Crippen molar-refractivity contribution in [2.45, 2.75) is 17.5 Å². The number of alkyl halides is 3. The van der Waals surface area contributed by atoms with E-state index in [2.05, 4.69) is 26.0 Å². The van der Waals surface area contributed by atoms with Crippen LogP contribution >= 0.6 is 15.9 Å². The molecule has 0 aromatic heterocycles. The normalized spacial score (nSPS) is 12.7. The topological polar surface area (TPSA) is 58.2 Å². The molecule has 0 fully saturated rings. The highest BCUT2D eigenvalue weighted by atomic mass is 79.9. The predicted molar refractivity (Wildman–Crippen MR) is 72.9 cm³/mol. The Morgan fingerprint density at radius 1 is 1.25 bits per heavy atom. The molecule has 2 N–H and O–H groups in total. The fraction of sp³-hybridized carbons (Fsp3) is 0.455. The molecule has 0 atom stereocenters. The van der Waals surface area contributed by atoms with Crippen LogP contribution in [0.2, 0.25) is 0 Å². The molecule has 1 aromatic carbocycles. The van der Waals surface area contributed by atoms with E-state index in [1.54, 1.807) is 7.05 Å². The molecule has 114 valence electrons. The maximum Gasteiger partial charge on any atom is 0.416 e. The second kappa shape index (κ2) is 6.88. The van der Waals surface area contributed by atoms with E-state index in [0.717, 1.165) is 12.1 Å². The first-order chi connectivity index (χ1) is 9.18. The molecule has 1 aromatic rings. The van der Waals surface area contributed by atoms with Crippen molar-refractivity contribution < 1.29 is 21.6 Å². The number of benzene rings is 1. The first-order valence-corrected chi connectivity index (χ1v) is 7.97. The lowest BCUT2D eigenvalue weighted by Crippen LogP contribution is -2.27. The molecule has 0 aliphatic carbocycles. The van der Waals surface area contributed by atoms with E-state index in [-0.39, 0.29) is 11.0 Å². The van der Waals surface area contributed by atoms with Gasteiger partial charge in [-0.1, -0.05) is 0 Å². The average molecular weight is 375 g/mol. The molecule has 0 radical (unpaired) electrons. The lowest BCUT2D eigenvalue weighted by molar-refractivity contribution is -0.137. The Morgan fingerprint density at radius 2 is 1.90 bits per heavy atom. The quantitative estimate of drug-likeness (QED) is 0.751. The zero-order chi connectivity index (χ0) is 15.4. The summed E-state index contributed by atoms with van der Waals surface area (Å²) in [5.74, 6) is 0. The number of rotatable bonds is 6. The van der Waals surface area contributed by atoms with Gasteiger partial charge >= 0.3 is 6.18 Å². The molecule has 0 aliphatic heterocycles. The summed E-state index contributed by atoms with van der Waals surface area (Å²) in [5.41, 5.74) is -1.00. The zero-order valence-corrected chi connectivity index (χ0v) is 13.0. The van der Waals surface area contributed by atoms with Gasteiger partial charge in [0.1, 0.15) is 0 Å². The van der Waals surface area contributed by atoms with Crippen LogP contribution in [0.3, 0.4) is 0 Å². The second-order valence-electron chi connectivity index (χ2n) is 4.00. The molecular weight excluding hydrogens is 361 g/mol. The summed E-state index contributed by atoms with van der Waals surface area (Å²) in [7, 11) is -2.26. The molecule has 0 amide bonds. The Balaban J connectivity index is 2.99. The second-order valence-corrected chi connectivity index (χ2v) is 6.59. The molecule has 4 nitrogen and oxygen atoms in total. The Kier molecular flexibility index (Phi) is 5.99. The van der Waals surface area contributed by atoms with Gasteiger partial charge < -0.3 is 5.32 Å². The minimum Gasteiger partial charge on any atom is -0.320 e. The molecule has 20 heavy (non-hydrogen) atoms. The van der Waals surface area contributed by atoms with Gasteiger partial charge in [-0.25, -0.2) is 13.1 Å². The number of hydrogen-bond donors (Lipinski definition) is 2. The van der Waals surface area contributed by atoms with Gasteiger partial charge in [0, 0.05) is 11.0 Å². The summed E-state index contributed by atoms with van der Waals surface area (Å²) in [6.45, 7) is 0.748. The summed E-state index contributed by atoms with van der Waals surface area (Å²) < 4.78 is 64.1. The minimum atomic E-state index is -4.59. The number of hydrogen-bond acceptors (Lipinski definition) is 3. The van der Waals surface area contributed by atoms with Gasteiger partial charge in [0.15, 0.2) is 0 Å². The maximum atomic E-state index is 12.6. The van der Waals surface area contributed by atoms with Crippen molar-refractivity contribution in [3.63, 3.8) is 0 Å². The van der Waals surface area contributed by atoms with Crippen molar-refractivity contribution in [2.24, 2.45) is 0 Å². The van der Waals surface area contributed by atoms with Crippen molar-refractivity contribution in [2.75, 3.05) is 20.1 Å². The Hall–Kier alpha value is -0.640. The van der Waals surface area contributed by atoms with Crippen LogP contribution in [-0.4, -0.2) is 28.6 Å². The van der Waals surface area contributed by atoms with E-state index >= 15 is 0 Å². The predicted octanol–water partition coefficient (Wildman–Crippen LogP) is 2.36. The molecule has 0 saturated heterocycles. The molecule has 0 spiro atoms. The van der Waals surface area contributed by atoms with Gasteiger partial charge in [-0.2, -0.15) is 13.2 Å². The van der Waals surface area contributed by atoms with Gasteiger partial charge in [-0.15, -0.1) is 0 Å². The molecule has 9 heteroatoms. The Morgan fingerprint density at radius 3 is 2.45 bits per heavy atom. The minimum absolute atomic E-state index is 0.0895. The average Bonchev–Trinajstić information content (AvgIpc) is 2.33. The van der Waals surface area contributed by atoms with E-state index in [0.29, 0.717) is 19.0 Å². The summed E-state index contributed by atoms with van der Waals surface area (Å²) >= 11 is 2.96. The van der Waals surface area contributed by atoms with Crippen molar-refractivity contribution in [3.8, 4) is 0 Å². The van der Waals surface area contributed by atoms with Crippen LogP contribution < -0.4 is 10.0 Å². The van der Waals surface area contributed by atoms with Crippen LogP contribution in [0.25, 0.3) is 0 Å². The van der Waals surface area contributed by atoms with Gasteiger partial charge in [0.05, 0.1) is 10.5 Å². The lowest BCUT2D eigenvalue weighted by atomic mass is 10.2. The number of halogens is 4. The van der Waals surface area contributed by atoms with E-state index in [1.165, 1.54) is 0 Å². The van der Waals surface area contributed by atoms with Crippen LogP contribution in [-0.2, 0) is 16.2 Å². The van der Waals surface area contributed by atoms with Gasteiger partial charge in [-0.05, 0) is 54.1 Å². The van der Waals surface area contributed by atoms with E-state index in [1.807, 2.05) is 0 Å². The van der Waals surface area contributed by atoms with Crippen LogP contribution in [0.1, 0.15) is 12.0 Å². The maximum absolute atomic E-state index is 12.6. The third kappa shape index (κ3) is 4.72. The van der Waals surface area contributed by atoms with E-state index < -0.39 is 26.7 Å². The highest BCUT2D eigenvalue weighted by molar-refractivity contribution is 9.10. The van der Waals surface area contributed by atoms with Crippen molar-refractivity contribution >= 4 is 26.0 Å². The summed E-state index contributed by atoms with van der Waals surface area (Å²) in [5, 5.41) is 2.84. The summed E-state index contributed by atoms with van der Waals surface area (Å²) in [6.07, 6.45) is -4.05. The molecule has 0 bridgehead atoms. The van der Waals surface area contributed by atoms with Crippen molar-refractivity contribution in [1.29, 1.82) is 0 Å². The van der Waals surface area contributed by atoms with E-state index in [9.17, 15) is 21.6 Å². The van der Waals surface area contributed by atoms with Gasteiger partial charge in [0.25, 0.3) is 0 Å². The summed E-state index contributed by atoms with van der Waals surface area (Å²) in [4.78, 5) is -0.420. The summed E-state index contributed by atoms with van der Waals surface area (Å²) in [6, 6.07) is 2.51. The molecule has 0 aliphatic rings.